The second kappa shape index (κ2) is 6.73. The van der Waals surface area contributed by atoms with E-state index in [4.69, 9.17) is 16.3 Å². The summed E-state index contributed by atoms with van der Waals surface area (Å²) in [6.07, 6.45) is 0. The first-order valence-electron chi connectivity index (χ1n) is 7.93. The molecular formula is C20H19ClN2O2. The molecule has 3 rings (SSSR count). The summed E-state index contributed by atoms with van der Waals surface area (Å²) < 4.78 is 5.30. The molecule has 0 aliphatic heterocycles. The van der Waals surface area contributed by atoms with Crippen molar-refractivity contribution in [1.29, 1.82) is 0 Å². The molecule has 0 fully saturated rings. The maximum absolute atomic E-state index is 12.7. The molecule has 2 aromatic carbocycles. The molecule has 0 atom stereocenters. The molecule has 1 heterocycles. The highest BCUT2D eigenvalue weighted by Gasteiger charge is 2.13. The molecular weight excluding hydrogens is 336 g/mol. The molecule has 1 amide bonds. The van der Waals surface area contributed by atoms with E-state index in [0.717, 1.165) is 27.7 Å². The molecule has 0 saturated carbocycles. The van der Waals surface area contributed by atoms with Crippen molar-refractivity contribution in [3.8, 4) is 5.75 Å². The van der Waals surface area contributed by atoms with Crippen molar-refractivity contribution in [3.63, 3.8) is 0 Å². The third-order valence-corrected chi connectivity index (χ3v) is 4.62. The summed E-state index contributed by atoms with van der Waals surface area (Å²) in [5, 5.41) is 4.50. The minimum atomic E-state index is -0.196. The number of carbonyl (C=O) groups excluding carboxylic acids is 1. The number of hydrogen-bond donors (Lipinski definition) is 1. The van der Waals surface area contributed by atoms with Crippen LogP contribution in [-0.2, 0) is 0 Å². The summed E-state index contributed by atoms with van der Waals surface area (Å²) in [6, 6.07) is 10.9. The first kappa shape index (κ1) is 17.2. The van der Waals surface area contributed by atoms with Crippen molar-refractivity contribution in [1.82, 2.24) is 4.98 Å². The third kappa shape index (κ3) is 3.30. The standard InChI is InChI=1S/C20H19ClN2O2/c1-11-5-6-14(10-18(11)25-4)20(24)23-17-9-12(2)22-19-13(3)16(21)8-7-15(17)19/h5-10H,1-4H3,(H,22,23,24). The molecule has 1 aromatic heterocycles. The Morgan fingerprint density at radius 1 is 1.12 bits per heavy atom. The van der Waals surface area contributed by atoms with E-state index in [0.29, 0.717) is 22.0 Å². The van der Waals surface area contributed by atoms with Crippen molar-refractivity contribution in [2.45, 2.75) is 20.8 Å². The largest absolute Gasteiger partial charge is 0.496 e. The maximum Gasteiger partial charge on any atom is 0.255 e. The first-order chi connectivity index (χ1) is 11.9. The summed E-state index contributed by atoms with van der Waals surface area (Å²) >= 11 is 6.20. The molecule has 0 radical (unpaired) electrons. The van der Waals surface area contributed by atoms with Crippen molar-refractivity contribution < 1.29 is 9.53 Å². The zero-order valence-corrected chi connectivity index (χ0v) is 15.4. The van der Waals surface area contributed by atoms with Gasteiger partial charge in [0.15, 0.2) is 0 Å². The SMILES string of the molecule is COc1cc(C(=O)Nc2cc(C)nc3c(C)c(Cl)ccc23)ccc1C. The van der Waals surface area contributed by atoms with Crippen LogP contribution in [0.25, 0.3) is 10.9 Å². The van der Waals surface area contributed by atoms with Gasteiger partial charge in [0.2, 0.25) is 0 Å². The molecule has 5 heteroatoms. The second-order valence-corrected chi connectivity index (χ2v) is 6.43. The second-order valence-electron chi connectivity index (χ2n) is 6.02. The van der Waals surface area contributed by atoms with Crippen LogP contribution in [0, 0.1) is 20.8 Å². The van der Waals surface area contributed by atoms with Crippen molar-refractivity contribution >= 4 is 34.1 Å². The van der Waals surface area contributed by atoms with Gasteiger partial charge in [-0.25, -0.2) is 0 Å². The number of rotatable bonds is 3. The number of anilines is 1. The van der Waals surface area contributed by atoms with E-state index in [2.05, 4.69) is 10.3 Å². The van der Waals surface area contributed by atoms with Gasteiger partial charge in [0.25, 0.3) is 5.91 Å². The van der Waals surface area contributed by atoms with Crippen LogP contribution in [0.2, 0.25) is 5.02 Å². The molecule has 0 aliphatic carbocycles. The minimum absolute atomic E-state index is 0.196. The predicted octanol–water partition coefficient (Wildman–Crippen LogP) is 5.07. The fourth-order valence-corrected chi connectivity index (χ4v) is 2.94. The highest BCUT2D eigenvalue weighted by atomic mass is 35.5. The topological polar surface area (TPSA) is 51.2 Å². The van der Waals surface area contributed by atoms with E-state index in [1.54, 1.807) is 19.2 Å². The Hall–Kier alpha value is -2.59. The van der Waals surface area contributed by atoms with E-state index < -0.39 is 0 Å². The average molecular weight is 355 g/mol. The number of pyridine rings is 1. The normalized spacial score (nSPS) is 10.8. The number of aromatic nitrogens is 1. The summed E-state index contributed by atoms with van der Waals surface area (Å²) in [5.41, 5.74) is 4.74. The number of hydrogen-bond acceptors (Lipinski definition) is 3. The average Bonchev–Trinajstić information content (AvgIpc) is 2.58. The number of methoxy groups -OCH3 is 1. The van der Waals surface area contributed by atoms with Crippen LogP contribution in [0.4, 0.5) is 5.69 Å². The molecule has 25 heavy (non-hydrogen) atoms. The van der Waals surface area contributed by atoms with E-state index >= 15 is 0 Å². The predicted molar refractivity (Wildman–Crippen MR) is 102 cm³/mol. The molecule has 4 nitrogen and oxygen atoms in total. The lowest BCUT2D eigenvalue weighted by molar-refractivity contribution is 0.102. The number of nitrogens with one attached hydrogen (secondary N) is 1. The monoisotopic (exact) mass is 354 g/mol. The Balaban J connectivity index is 2.03. The van der Waals surface area contributed by atoms with Gasteiger partial charge in [-0.3, -0.25) is 9.78 Å². The number of nitrogens with zero attached hydrogens (tertiary/aromatic N) is 1. The van der Waals surface area contributed by atoms with Crippen LogP contribution in [0.3, 0.4) is 0 Å². The molecule has 128 valence electrons. The van der Waals surface area contributed by atoms with Gasteiger partial charge < -0.3 is 10.1 Å². The van der Waals surface area contributed by atoms with Crippen LogP contribution >= 0.6 is 11.6 Å². The zero-order valence-electron chi connectivity index (χ0n) is 14.6. The van der Waals surface area contributed by atoms with Gasteiger partial charge in [-0.05, 0) is 62.2 Å². The van der Waals surface area contributed by atoms with Crippen LogP contribution in [-0.4, -0.2) is 18.0 Å². The number of ether oxygens (including phenoxy) is 1. The zero-order chi connectivity index (χ0) is 18.1. The van der Waals surface area contributed by atoms with Crippen molar-refractivity contribution in [2.24, 2.45) is 0 Å². The van der Waals surface area contributed by atoms with Gasteiger partial charge in [0.1, 0.15) is 5.75 Å². The Labute approximate surface area is 151 Å². The summed E-state index contributed by atoms with van der Waals surface area (Å²) in [6.45, 7) is 5.75. The molecule has 1 N–H and O–H groups in total. The number of halogens is 1. The van der Waals surface area contributed by atoms with Crippen LogP contribution < -0.4 is 10.1 Å². The molecule has 0 aliphatic rings. The van der Waals surface area contributed by atoms with Crippen LogP contribution in [0.5, 0.6) is 5.75 Å². The van der Waals surface area contributed by atoms with Crippen molar-refractivity contribution in [3.05, 3.63) is 63.8 Å². The number of benzene rings is 2. The molecule has 3 aromatic rings. The van der Waals surface area contributed by atoms with E-state index in [1.807, 2.05) is 45.0 Å². The van der Waals surface area contributed by atoms with E-state index in [-0.39, 0.29) is 5.91 Å². The van der Waals surface area contributed by atoms with Gasteiger partial charge in [-0.1, -0.05) is 17.7 Å². The lowest BCUT2D eigenvalue weighted by atomic mass is 10.1. The highest BCUT2D eigenvalue weighted by Crippen LogP contribution is 2.30. The van der Waals surface area contributed by atoms with Gasteiger partial charge in [-0.2, -0.15) is 0 Å². The molecule has 0 spiro atoms. The number of amides is 1. The molecule has 0 unspecified atom stereocenters. The quantitative estimate of drug-likeness (QED) is 0.714. The van der Waals surface area contributed by atoms with Gasteiger partial charge in [-0.15, -0.1) is 0 Å². The van der Waals surface area contributed by atoms with Crippen LogP contribution in [0.1, 0.15) is 27.2 Å². The number of carbonyl (C=O) groups is 1. The Morgan fingerprint density at radius 2 is 1.88 bits per heavy atom. The van der Waals surface area contributed by atoms with Crippen molar-refractivity contribution in [2.75, 3.05) is 12.4 Å². The number of fused-ring (bicyclic) bond motifs is 1. The third-order valence-electron chi connectivity index (χ3n) is 4.21. The summed E-state index contributed by atoms with van der Waals surface area (Å²) in [5.74, 6) is 0.490. The molecule has 0 saturated heterocycles. The lowest BCUT2D eigenvalue weighted by Crippen LogP contribution is -2.13. The minimum Gasteiger partial charge on any atom is -0.496 e. The van der Waals surface area contributed by atoms with Gasteiger partial charge in [0, 0.05) is 21.7 Å². The molecule has 0 bridgehead atoms. The highest BCUT2D eigenvalue weighted by molar-refractivity contribution is 6.32. The fraction of sp³-hybridized carbons (Fsp3) is 0.200. The Bertz CT molecular complexity index is 983. The van der Waals surface area contributed by atoms with Gasteiger partial charge >= 0.3 is 0 Å². The number of aryl methyl sites for hydroxylation is 3. The Kier molecular flexibility index (Phi) is 4.64. The van der Waals surface area contributed by atoms with E-state index in [1.165, 1.54) is 0 Å². The maximum atomic E-state index is 12.7. The van der Waals surface area contributed by atoms with E-state index in [9.17, 15) is 4.79 Å². The smallest absolute Gasteiger partial charge is 0.255 e. The summed E-state index contributed by atoms with van der Waals surface area (Å²) in [4.78, 5) is 17.2. The lowest BCUT2D eigenvalue weighted by Gasteiger charge is -2.13. The fourth-order valence-electron chi connectivity index (χ4n) is 2.79. The van der Waals surface area contributed by atoms with Gasteiger partial charge in [0.05, 0.1) is 18.3 Å². The first-order valence-corrected chi connectivity index (χ1v) is 8.31. The Morgan fingerprint density at radius 3 is 2.60 bits per heavy atom. The van der Waals surface area contributed by atoms with Crippen LogP contribution in [0.15, 0.2) is 36.4 Å². The summed E-state index contributed by atoms with van der Waals surface area (Å²) in [7, 11) is 1.59.